The van der Waals surface area contributed by atoms with Crippen LogP contribution in [0.4, 0.5) is 0 Å². The number of rotatable bonds is 3. The molecular weight excluding hydrogens is 263 g/mol. The first-order valence-electron chi connectivity index (χ1n) is 4.81. The minimum atomic E-state index is -0.130. The topological polar surface area (TPSA) is 50.5 Å². The van der Waals surface area contributed by atoms with Crippen LogP contribution in [0, 0.1) is 0 Å². The minimum Gasteiger partial charge on any atom is -0.337 e. The average molecular weight is 275 g/mol. The molecule has 0 unspecified atom stereocenters. The summed E-state index contributed by atoms with van der Waals surface area (Å²) in [5.41, 5.74) is 0.768. The van der Waals surface area contributed by atoms with Gasteiger partial charge in [-0.2, -0.15) is 0 Å². The lowest BCUT2D eigenvalue weighted by Gasteiger charge is -2.13. The maximum Gasteiger partial charge on any atom is 0.237 e. The molecule has 17 heavy (non-hydrogen) atoms. The van der Waals surface area contributed by atoms with E-state index >= 15 is 0 Å². The van der Waals surface area contributed by atoms with Gasteiger partial charge in [0.15, 0.2) is 11.5 Å². The molecule has 0 N–H and O–H groups in total. The van der Waals surface area contributed by atoms with E-state index in [4.69, 9.17) is 11.6 Å². The molecule has 0 saturated carbocycles. The maximum absolute atomic E-state index is 11.3. The lowest BCUT2D eigenvalue weighted by molar-refractivity contribution is -0.127. The van der Waals surface area contributed by atoms with Crippen LogP contribution < -0.4 is 0 Å². The normalized spacial score (nSPS) is 10.0. The Bertz CT molecular complexity index is 514. The molecule has 92 valence electrons. The molecule has 0 fully saturated rings. The number of halogens is 2. The van der Waals surface area contributed by atoms with Crippen molar-refractivity contribution in [1.29, 1.82) is 0 Å². The predicted octanol–water partition coefficient (Wildman–Crippen LogP) is 1.35. The third-order valence-corrected chi connectivity index (χ3v) is 2.53. The number of pyridine rings is 1. The molecule has 0 aliphatic rings. The number of amides is 1. The average Bonchev–Trinajstić information content (AvgIpc) is 2.72. The third-order valence-electron chi connectivity index (χ3n) is 2.30. The van der Waals surface area contributed by atoms with Gasteiger partial charge in [0.2, 0.25) is 5.91 Å². The Morgan fingerprint density at radius 1 is 1.47 bits per heavy atom. The second kappa shape index (κ2) is 5.84. The van der Waals surface area contributed by atoms with E-state index in [9.17, 15) is 4.79 Å². The number of fused-ring (bicyclic) bond motifs is 1. The van der Waals surface area contributed by atoms with E-state index in [1.165, 1.54) is 4.90 Å². The zero-order valence-corrected chi connectivity index (χ0v) is 10.8. The van der Waals surface area contributed by atoms with E-state index in [1.807, 2.05) is 28.8 Å². The van der Waals surface area contributed by atoms with Crippen LogP contribution in [0.2, 0.25) is 0 Å². The van der Waals surface area contributed by atoms with Crippen LogP contribution in [-0.4, -0.2) is 38.3 Å². The van der Waals surface area contributed by atoms with E-state index in [2.05, 4.69) is 10.2 Å². The highest BCUT2D eigenvalue weighted by molar-refractivity contribution is 6.27. The molecule has 2 aromatic rings. The lowest BCUT2D eigenvalue weighted by Crippen LogP contribution is -2.28. The van der Waals surface area contributed by atoms with Gasteiger partial charge in [-0.05, 0) is 12.1 Å². The van der Waals surface area contributed by atoms with Gasteiger partial charge in [0, 0.05) is 13.2 Å². The first-order valence-corrected chi connectivity index (χ1v) is 5.34. The van der Waals surface area contributed by atoms with E-state index in [-0.39, 0.29) is 24.2 Å². The van der Waals surface area contributed by atoms with Crippen molar-refractivity contribution in [2.24, 2.45) is 0 Å². The molecule has 0 aromatic carbocycles. The van der Waals surface area contributed by atoms with E-state index in [1.54, 1.807) is 7.05 Å². The van der Waals surface area contributed by atoms with Crippen molar-refractivity contribution in [3.05, 3.63) is 30.2 Å². The van der Waals surface area contributed by atoms with Crippen LogP contribution in [-0.2, 0) is 11.3 Å². The fraction of sp³-hybridized carbons (Fsp3) is 0.300. The fourth-order valence-corrected chi connectivity index (χ4v) is 1.61. The number of alkyl halides is 1. The van der Waals surface area contributed by atoms with Gasteiger partial charge in [-0.3, -0.25) is 9.20 Å². The number of carbonyl (C=O) groups is 1. The van der Waals surface area contributed by atoms with Crippen molar-refractivity contribution in [2.45, 2.75) is 6.54 Å². The van der Waals surface area contributed by atoms with E-state index in [0.717, 1.165) is 11.5 Å². The van der Waals surface area contributed by atoms with Crippen molar-refractivity contribution in [2.75, 3.05) is 12.9 Å². The summed E-state index contributed by atoms with van der Waals surface area (Å²) in [5, 5.41) is 8.03. The molecule has 0 bridgehead atoms. The molecule has 2 aromatic heterocycles. The van der Waals surface area contributed by atoms with Gasteiger partial charge in [-0.25, -0.2) is 0 Å². The Hall–Kier alpha value is -1.33. The maximum atomic E-state index is 11.3. The predicted molar refractivity (Wildman–Crippen MR) is 67.4 cm³/mol. The minimum absolute atomic E-state index is 0. The smallest absolute Gasteiger partial charge is 0.237 e. The molecule has 0 saturated heterocycles. The van der Waals surface area contributed by atoms with Crippen molar-refractivity contribution >= 4 is 35.6 Å². The summed E-state index contributed by atoms with van der Waals surface area (Å²) in [6.07, 6.45) is 1.86. The molecule has 0 radical (unpaired) electrons. The van der Waals surface area contributed by atoms with Gasteiger partial charge in [0.1, 0.15) is 5.88 Å². The van der Waals surface area contributed by atoms with E-state index in [0.29, 0.717) is 6.54 Å². The molecule has 0 spiro atoms. The standard InChI is InChI=1S/C10H11ClN4O.ClH/c1-14(10(16)6-11)7-9-13-12-8-4-2-3-5-15(8)9;/h2-5H,6-7H2,1H3;1H. The first kappa shape index (κ1) is 13.7. The summed E-state index contributed by atoms with van der Waals surface area (Å²) < 4.78 is 1.85. The van der Waals surface area contributed by atoms with Crippen LogP contribution in [0.1, 0.15) is 5.82 Å². The molecule has 1 amide bonds. The van der Waals surface area contributed by atoms with Crippen LogP contribution in [0.5, 0.6) is 0 Å². The van der Waals surface area contributed by atoms with Crippen molar-refractivity contribution in [3.63, 3.8) is 0 Å². The van der Waals surface area contributed by atoms with Crippen molar-refractivity contribution in [3.8, 4) is 0 Å². The van der Waals surface area contributed by atoms with Gasteiger partial charge in [-0.1, -0.05) is 6.07 Å². The summed E-state index contributed by atoms with van der Waals surface area (Å²) in [4.78, 5) is 12.8. The van der Waals surface area contributed by atoms with Crippen LogP contribution in [0.15, 0.2) is 24.4 Å². The quantitative estimate of drug-likeness (QED) is 0.794. The van der Waals surface area contributed by atoms with E-state index < -0.39 is 0 Å². The zero-order chi connectivity index (χ0) is 11.5. The zero-order valence-electron chi connectivity index (χ0n) is 9.21. The van der Waals surface area contributed by atoms with Crippen LogP contribution >= 0.6 is 24.0 Å². The van der Waals surface area contributed by atoms with Gasteiger partial charge in [0.05, 0.1) is 6.54 Å². The summed E-state index contributed by atoms with van der Waals surface area (Å²) >= 11 is 5.47. The number of carbonyl (C=O) groups excluding carboxylic acids is 1. The number of aromatic nitrogens is 3. The van der Waals surface area contributed by atoms with Crippen LogP contribution in [0.25, 0.3) is 5.65 Å². The molecule has 0 aliphatic carbocycles. The third kappa shape index (κ3) is 2.87. The summed E-state index contributed by atoms with van der Waals surface area (Å²) in [7, 11) is 1.69. The molecule has 2 heterocycles. The molecular formula is C10H12Cl2N4O. The largest absolute Gasteiger partial charge is 0.337 e. The van der Waals surface area contributed by atoms with Gasteiger partial charge < -0.3 is 4.90 Å². The van der Waals surface area contributed by atoms with Gasteiger partial charge >= 0.3 is 0 Å². The second-order valence-corrected chi connectivity index (χ2v) is 3.70. The van der Waals surface area contributed by atoms with Crippen LogP contribution in [0.3, 0.4) is 0 Å². The van der Waals surface area contributed by atoms with Crippen molar-refractivity contribution in [1.82, 2.24) is 19.5 Å². The monoisotopic (exact) mass is 274 g/mol. The highest BCUT2D eigenvalue weighted by Crippen LogP contribution is 2.05. The first-order chi connectivity index (χ1) is 7.72. The molecule has 0 aliphatic heterocycles. The number of hydrogen-bond acceptors (Lipinski definition) is 3. The Kier molecular flexibility index (Phi) is 4.72. The Morgan fingerprint density at radius 2 is 2.24 bits per heavy atom. The highest BCUT2D eigenvalue weighted by Gasteiger charge is 2.11. The Labute approximate surface area is 110 Å². The molecule has 5 nitrogen and oxygen atoms in total. The van der Waals surface area contributed by atoms with Gasteiger partial charge in [-0.15, -0.1) is 34.2 Å². The molecule has 0 atom stereocenters. The fourth-order valence-electron chi connectivity index (χ4n) is 1.40. The lowest BCUT2D eigenvalue weighted by atomic mass is 10.4. The van der Waals surface area contributed by atoms with Gasteiger partial charge in [0.25, 0.3) is 0 Å². The SMILES string of the molecule is CN(Cc1nnc2ccccn12)C(=O)CCl.Cl. The Balaban J connectivity index is 0.00000144. The summed E-state index contributed by atoms with van der Waals surface area (Å²) in [5.74, 6) is 0.568. The number of nitrogens with zero attached hydrogens (tertiary/aromatic N) is 4. The second-order valence-electron chi connectivity index (χ2n) is 3.43. The number of hydrogen-bond donors (Lipinski definition) is 0. The highest BCUT2D eigenvalue weighted by atomic mass is 35.5. The summed E-state index contributed by atoms with van der Waals surface area (Å²) in [6, 6.07) is 5.64. The Morgan fingerprint density at radius 3 is 2.94 bits per heavy atom. The summed E-state index contributed by atoms with van der Waals surface area (Å²) in [6.45, 7) is 0.400. The van der Waals surface area contributed by atoms with Crippen molar-refractivity contribution < 1.29 is 4.79 Å². The molecule has 7 heteroatoms. The molecule has 2 rings (SSSR count).